The Morgan fingerprint density at radius 3 is 2.92 bits per heavy atom. The van der Waals surface area contributed by atoms with E-state index in [0.29, 0.717) is 5.69 Å². The number of oxazole rings is 1. The highest BCUT2D eigenvalue weighted by Gasteiger charge is 2.07. The fourth-order valence-electron chi connectivity index (χ4n) is 1.40. The first-order chi connectivity index (χ1) is 6.20. The first-order valence-electron chi connectivity index (χ1n) is 4.36. The Balaban J connectivity index is 2.75. The molecule has 3 nitrogen and oxygen atoms in total. The molecule has 0 atom stereocenters. The molecule has 0 amide bonds. The molecule has 1 aromatic carbocycles. The summed E-state index contributed by atoms with van der Waals surface area (Å²) in [6.07, 6.45) is 0.799. The molecule has 68 valence electrons. The molecular formula is C10H12N2O. The Hall–Kier alpha value is -1.51. The lowest BCUT2D eigenvalue weighted by atomic mass is 10.2. The van der Waals surface area contributed by atoms with Crippen molar-refractivity contribution in [2.75, 3.05) is 5.73 Å². The molecule has 0 saturated carbocycles. The minimum Gasteiger partial charge on any atom is -0.441 e. The Morgan fingerprint density at radius 1 is 1.46 bits per heavy atom. The maximum absolute atomic E-state index is 5.80. The Morgan fingerprint density at radius 2 is 2.23 bits per heavy atom. The molecular weight excluding hydrogens is 164 g/mol. The van der Waals surface area contributed by atoms with Crippen LogP contribution in [0.5, 0.6) is 0 Å². The van der Waals surface area contributed by atoms with E-state index < -0.39 is 0 Å². The van der Waals surface area contributed by atoms with E-state index in [9.17, 15) is 0 Å². The van der Waals surface area contributed by atoms with Gasteiger partial charge < -0.3 is 10.2 Å². The van der Waals surface area contributed by atoms with Gasteiger partial charge in [-0.1, -0.05) is 6.92 Å². The molecule has 0 aliphatic carbocycles. The first-order valence-corrected chi connectivity index (χ1v) is 4.36. The summed E-state index contributed by atoms with van der Waals surface area (Å²) in [5, 5.41) is 0. The number of anilines is 1. The molecule has 2 N–H and O–H groups in total. The smallest absolute Gasteiger partial charge is 0.195 e. The number of fused-ring (bicyclic) bond motifs is 1. The van der Waals surface area contributed by atoms with Crippen LogP contribution in [0.3, 0.4) is 0 Å². The lowest BCUT2D eigenvalue weighted by Gasteiger charge is -1.94. The number of nitrogens with zero attached hydrogens (tertiary/aromatic N) is 1. The van der Waals surface area contributed by atoms with Crippen LogP contribution in [-0.2, 0) is 6.42 Å². The normalized spacial score (nSPS) is 10.9. The number of benzene rings is 1. The summed E-state index contributed by atoms with van der Waals surface area (Å²) in [6, 6.07) is 3.86. The summed E-state index contributed by atoms with van der Waals surface area (Å²) < 4.78 is 5.49. The van der Waals surface area contributed by atoms with Crippen molar-refractivity contribution < 1.29 is 4.42 Å². The average molecular weight is 176 g/mol. The van der Waals surface area contributed by atoms with Gasteiger partial charge in [0.1, 0.15) is 5.52 Å². The zero-order valence-electron chi connectivity index (χ0n) is 7.79. The molecule has 1 aromatic heterocycles. The highest BCUT2D eigenvalue weighted by Crippen LogP contribution is 2.23. The molecule has 0 saturated heterocycles. The Labute approximate surface area is 76.6 Å². The summed E-state index contributed by atoms with van der Waals surface area (Å²) >= 11 is 0. The fourth-order valence-corrected chi connectivity index (χ4v) is 1.40. The van der Waals surface area contributed by atoms with Crippen molar-refractivity contribution in [3.05, 3.63) is 23.6 Å². The van der Waals surface area contributed by atoms with E-state index in [-0.39, 0.29) is 0 Å². The predicted molar refractivity (Wildman–Crippen MR) is 52.5 cm³/mol. The SMILES string of the molecule is CCc1nc2c(N)cc(C)cc2o1. The fraction of sp³-hybridized carbons (Fsp3) is 0.300. The minimum atomic E-state index is 0.693. The molecule has 0 aliphatic heterocycles. The third-order valence-corrected chi connectivity index (χ3v) is 2.02. The van der Waals surface area contributed by atoms with Gasteiger partial charge in [0, 0.05) is 6.42 Å². The molecule has 0 unspecified atom stereocenters. The molecule has 0 spiro atoms. The number of aromatic nitrogens is 1. The van der Waals surface area contributed by atoms with Gasteiger partial charge in [-0.25, -0.2) is 4.98 Å². The quantitative estimate of drug-likeness (QED) is 0.678. The highest BCUT2D eigenvalue weighted by molar-refractivity contribution is 5.86. The van der Waals surface area contributed by atoms with Crippen LogP contribution in [0.25, 0.3) is 11.1 Å². The van der Waals surface area contributed by atoms with Crippen LogP contribution < -0.4 is 5.73 Å². The Kier molecular flexibility index (Phi) is 1.72. The van der Waals surface area contributed by atoms with E-state index in [1.54, 1.807) is 0 Å². The summed E-state index contributed by atoms with van der Waals surface area (Å²) in [4.78, 5) is 4.28. The van der Waals surface area contributed by atoms with Crippen LogP contribution in [0.15, 0.2) is 16.5 Å². The summed E-state index contributed by atoms with van der Waals surface area (Å²) in [5.74, 6) is 0.743. The highest BCUT2D eigenvalue weighted by atomic mass is 16.3. The van der Waals surface area contributed by atoms with Crippen molar-refractivity contribution in [1.29, 1.82) is 0 Å². The third kappa shape index (κ3) is 1.26. The second-order valence-electron chi connectivity index (χ2n) is 3.16. The monoisotopic (exact) mass is 176 g/mol. The Bertz CT molecular complexity index is 445. The second kappa shape index (κ2) is 2.76. The molecule has 1 heterocycles. The predicted octanol–water partition coefficient (Wildman–Crippen LogP) is 2.28. The molecule has 0 fully saturated rings. The number of rotatable bonds is 1. The largest absolute Gasteiger partial charge is 0.441 e. The van der Waals surface area contributed by atoms with E-state index in [2.05, 4.69) is 4.98 Å². The van der Waals surface area contributed by atoms with Gasteiger partial charge in [-0.3, -0.25) is 0 Å². The molecule has 2 aromatic rings. The number of nitrogen functional groups attached to an aromatic ring is 1. The maximum atomic E-state index is 5.80. The van der Waals surface area contributed by atoms with Crippen LogP contribution in [0.2, 0.25) is 0 Å². The molecule has 13 heavy (non-hydrogen) atoms. The van der Waals surface area contributed by atoms with Crippen molar-refractivity contribution in [3.8, 4) is 0 Å². The lowest BCUT2D eigenvalue weighted by Crippen LogP contribution is -1.87. The average Bonchev–Trinajstić information content (AvgIpc) is 2.47. The zero-order chi connectivity index (χ0) is 9.42. The molecule has 3 heteroatoms. The summed E-state index contributed by atoms with van der Waals surface area (Å²) in [5.41, 5.74) is 9.16. The van der Waals surface area contributed by atoms with Crippen molar-refractivity contribution >= 4 is 16.8 Å². The van der Waals surface area contributed by atoms with Gasteiger partial charge in [-0.2, -0.15) is 0 Å². The van der Waals surface area contributed by atoms with E-state index >= 15 is 0 Å². The van der Waals surface area contributed by atoms with Crippen LogP contribution in [0.4, 0.5) is 5.69 Å². The molecule has 0 aliphatic rings. The van der Waals surface area contributed by atoms with Crippen molar-refractivity contribution in [2.45, 2.75) is 20.3 Å². The standard InChI is InChI=1S/C10H12N2O/c1-3-9-12-10-7(11)4-6(2)5-8(10)13-9/h4-5H,3,11H2,1-2H3. The van der Waals surface area contributed by atoms with Crippen LogP contribution in [-0.4, -0.2) is 4.98 Å². The van der Waals surface area contributed by atoms with Gasteiger partial charge in [-0.05, 0) is 24.6 Å². The number of nitrogens with two attached hydrogens (primary N) is 1. The lowest BCUT2D eigenvalue weighted by molar-refractivity contribution is 0.538. The van der Waals surface area contributed by atoms with E-state index in [1.807, 2.05) is 26.0 Å². The van der Waals surface area contributed by atoms with Crippen molar-refractivity contribution in [1.82, 2.24) is 4.98 Å². The van der Waals surface area contributed by atoms with Gasteiger partial charge in [0.2, 0.25) is 0 Å². The molecule has 0 bridgehead atoms. The molecule has 0 radical (unpaired) electrons. The first kappa shape index (κ1) is 8.10. The molecule has 2 rings (SSSR count). The number of aryl methyl sites for hydroxylation is 2. The topological polar surface area (TPSA) is 52.0 Å². The van der Waals surface area contributed by atoms with Gasteiger partial charge >= 0.3 is 0 Å². The van der Waals surface area contributed by atoms with Gasteiger partial charge in [0.05, 0.1) is 5.69 Å². The number of hydrogen-bond donors (Lipinski definition) is 1. The van der Waals surface area contributed by atoms with E-state index in [0.717, 1.165) is 29.0 Å². The van der Waals surface area contributed by atoms with E-state index in [4.69, 9.17) is 10.2 Å². The maximum Gasteiger partial charge on any atom is 0.195 e. The van der Waals surface area contributed by atoms with Gasteiger partial charge in [0.15, 0.2) is 11.5 Å². The second-order valence-corrected chi connectivity index (χ2v) is 3.16. The van der Waals surface area contributed by atoms with Crippen LogP contribution in [0, 0.1) is 6.92 Å². The number of hydrogen-bond acceptors (Lipinski definition) is 3. The van der Waals surface area contributed by atoms with E-state index in [1.165, 1.54) is 0 Å². The van der Waals surface area contributed by atoms with Crippen molar-refractivity contribution in [2.24, 2.45) is 0 Å². The zero-order valence-corrected chi connectivity index (χ0v) is 7.79. The summed E-state index contributed by atoms with van der Waals surface area (Å²) in [6.45, 7) is 4.00. The van der Waals surface area contributed by atoms with Crippen LogP contribution >= 0.6 is 0 Å². The summed E-state index contributed by atoms with van der Waals surface area (Å²) in [7, 11) is 0. The van der Waals surface area contributed by atoms with Crippen molar-refractivity contribution in [3.63, 3.8) is 0 Å². The third-order valence-electron chi connectivity index (χ3n) is 2.02. The van der Waals surface area contributed by atoms with Gasteiger partial charge in [-0.15, -0.1) is 0 Å². The van der Waals surface area contributed by atoms with Gasteiger partial charge in [0.25, 0.3) is 0 Å². The van der Waals surface area contributed by atoms with Crippen LogP contribution in [0.1, 0.15) is 18.4 Å². The minimum absolute atomic E-state index is 0.693.